The van der Waals surface area contributed by atoms with E-state index in [-0.39, 0.29) is 5.91 Å². The number of aromatic hydroxyl groups is 1. The van der Waals surface area contributed by atoms with Gasteiger partial charge in [-0.2, -0.15) is 0 Å². The van der Waals surface area contributed by atoms with Gasteiger partial charge in [0, 0.05) is 24.2 Å². The van der Waals surface area contributed by atoms with Crippen molar-refractivity contribution in [2.24, 2.45) is 0 Å². The minimum atomic E-state index is -0.679. The summed E-state index contributed by atoms with van der Waals surface area (Å²) in [6.45, 7) is 4.75. The number of carbonyl (C=O) groups excluding carboxylic acids is 1. The maximum atomic E-state index is 12.7. The predicted octanol–water partition coefficient (Wildman–Crippen LogP) is 3.29. The number of benzene rings is 2. The van der Waals surface area contributed by atoms with Gasteiger partial charge in [0.1, 0.15) is 5.75 Å². The zero-order valence-electron chi connectivity index (χ0n) is 14.8. The normalized spacial score (nSPS) is 14.3. The quantitative estimate of drug-likeness (QED) is 0.898. The molecule has 0 aromatic heterocycles. The Hall–Kier alpha value is -2.33. The number of hydrogen-bond acceptors (Lipinski definition) is 3. The number of phenolic OH excluding ortho intramolecular Hbond substituents is 1. The summed E-state index contributed by atoms with van der Waals surface area (Å²) < 4.78 is 0. The number of amides is 1. The standard InChI is InChI=1S/C21H25NO3/c1-21(2,25)12-10-15-6-8-16(9-7-15)20(24)22-13-11-18-17(14-22)4-3-5-19(18)23/h3-9,23,25H,10-14H2,1-2H3. The number of rotatable bonds is 4. The van der Waals surface area contributed by atoms with Crippen molar-refractivity contribution in [3.8, 4) is 5.75 Å². The zero-order chi connectivity index (χ0) is 18.0. The highest BCUT2D eigenvalue weighted by atomic mass is 16.3. The predicted molar refractivity (Wildman–Crippen MR) is 97.6 cm³/mol. The highest BCUT2D eigenvalue weighted by molar-refractivity contribution is 5.94. The molecular formula is C21H25NO3. The number of aliphatic hydroxyl groups is 1. The van der Waals surface area contributed by atoms with Gasteiger partial charge in [-0.05, 0) is 62.4 Å². The molecule has 1 heterocycles. The van der Waals surface area contributed by atoms with E-state index in [1.54, 1.807) is 19.9 Å². The molecule has 4 heteroatoms. The summed E-state index contributed by atoms with van der Waals surface area (Å²) in [7, 11) is 0. The summed E-state index contributed by atoms with van der Waals surface area (Å²) >= 11 is 0. The second-order valence-electron chi connectivity index (χ2n) is 7.40. The molecule has 0 radical (unpaired) electrons. The smallest absolute Gasteiger partial charge is 0.254 e. The molecule has 25 heavy (non-hydrogen) atoms. The fourth-order valence-corrected chi connectivity index (χ4v) is 3.21. The summed E-state index contributed by atoms with van der Waals surface area (Å²) in [5, 5.41) is 19.7. The number of carbonyl (C=O) groups is 1. The number of aryl methyl sites for hydroxylation is 1. The lowest BCUT2D eigenvalue weighted by molar-refractivity contribution is 0.0710. The zero-order valence-corrected chi connectivity index (χ0v) is 14.8. The summed E-state index contributed by atoms with van der Waals surface area (Å²) in [6, 6.07) is 13.1. The molecule has 0 fully saturated rings. The molecular weight excluding hydrogens is 314 g/mol. The number of hydrogen-bond donors (Lipinski definition) is 2. The van der Waals surface area contributed by atoms with Crippen molar-refractivity contribution in [3.63, 3.8) is 0 Å². The average Bonchev–Trinajstić information content (AvgIpc) is 2.59. The molecule has 0 spiro atoms. The lowest BCUT2D eigenvalue weighted by Crippen LogP contribution is -2.35. The van der Waals surface area contributed by atoms with E-state index in [4.69, 9.17) is 0 Å². The van der Waals surface area contributed by atoms with Crippen molar-refractivity contribution in [3.05, 3.63) is 64.7 Å². The van der Waals surface area contributed by atoms with Gasteiger partial charge in [-0.1, -0.05) is 24.3 Å². The van der Waals surface area contributed by atoms with Crippen LogP contribution in [0.25, 0.3) is 0 Å². The van der Waals surface area contributed by atoms with Crippen LogP contribution in [0.3, 0.4) is 0 Å². The molecule has 1 aliphatic heterocycles. The van der Waals surface area contributed by atoms with Crippen LogP contribution in [-0.2, 0) is 19.4 Å². The van der Waals surface area contributed by atoms with E-state index in [9.17, 15) is 15.0 Å². The Kier molecular flexibility index (Phi) is 4.82. The Bertz CT molecular complexity index is 760. The van der Waals surface area contributed by atoms with Crippen LogP contribution < -0.4 is 0 Å². The first-order valence-corrected chi connectivity index (χ1v) is 8.74. The van der Waals surface area contributed by atoms with Crippen molar-refractivity contribution in [1.82, 2.24) is 4.90 Å². The first kappa shape index (κ1) is 17.5. The minimum absolute atomic E-state index is 0.0167. The molecule has 2 aromatic carbocycles. The highest BCUT2D eigenvalue weighted by Crippen LogP contribution is 2.27. The maximum absolute atomic E-state index is 12.7. The molecule has 1 amide bonds. The van der Waals surface area contributed by atoms with Crippen LogP contribution in [-0.4, -0.2) is 33.2 Å². The van der Waals surface area contributed by atoms with Crippen LogP contribution in [0.1, 0.15) is 47.3 Å². The third-order valence-corrected chi connectivity index (χ3v) is 4.75. The molecule has 2 N–H and O–H groups in total. The summed E-state index contributed by atoms with van der Waals surface area (Å²) in [6.07, 6.45) is 2.15. The minimum Gasteiger partial charge on any atom is -0.508 e. The lowest BCUT2D eigenvalue weighted by atomic mass is 9.97. The molecule has 3 rings (SSSR count). The van der Waals surface area contributed by atoms with Gasteiger partial charge in [0.25, 0.3) is 5.91 Å². The van der Waals surface area contributed by atoms with Crippen LogP contribution in [0.15, 0.2) is 42.5 Å². The molecule has 0 bridgehead atoms. The molecule has 1 aliphatic rings. The van der Waals surface area contributed by atoms with Crippen molar-refractivity contribution >= 4 is 5.91 Å². The van der Waals surface area contributed by atoms with Gasteiger partial charge < -0.3 is 15.1 Å². The monoisotopic (exact) mass is 339 g/mol. The molecule has 0 saturated carbocycles. The van der Waals surface area contributed by atoms with Crippen LogP contribution in [0, 0.1) is 0 Å². The second-order valence-corrected chi connectivity index (χ2v) is 7.40. The Labute approximate surface area is 148 Å². The number of fused-ring (bicyclic) bond motifs is 1. The topological polar surface area (TPSA) is 60.8 Å². The van der Waals surface area contributed by atoms with E-state index >= 15 is 0 Å². The van der Waals surface area contributed by atoms with Crippen LogP contribution in [0.5, 0.6) is 5.75 Å². The van der Waals surface area contributed by atoms with Gasteiger partial charge >= 0.3 is 0 Å². The molecule has 0 atom stereocenters. The lowest BCUT2D eigenvalue weighted by Gasteiger charge is -2.29. The van der Waals surface area contributed by atoms with Gasteiger partial charge in [0.15, 0.2) is 0 Å². The average molecular weight is 339 g/mol. The second kappa shape index (κ2) is 6.89. The Balaban J connectivity index is 1.67. The van der Waals surface area contributed by atoms with Crippen LogP contribution in [0.2, 0.25) is 0 Å². The molecule has 4 nitrogen and oxygen atoms in total. The molecule has 0 unspecified atom stereocenters. The first-order chi connectivity index (χ1) is 11.8. The number of phenols is 1. The molecule has 0 saturated heterocycles. The van der Waals surface area contributed by atoms with Crippen molar-refractivity contribution in [2.45, 2.75) is 45.3 Å². The summed E-state index contributed by atoms with van der Waals surface area (Å²) in [5.74, 6) is 0.337. The maximum Gasteiger partial charge on any atom is 0.254 e. The van der Waals surface area contributed by atoms with Gasteiger partial charge in [-0.25, -0.2) is 0 Å². The van der Waals surface area contributed by atoms with E-state index in [0.717, 1.165) is 23.1 Å². The fraction of sp³-hybridized carbons (Fsp3) is 0.381. The summed E-state index contributed by atoms with van der Waals surface area (Å²) in [5.41, 5.74) is 3.08. The Morgan fingerprint density at radius 3 is 2.56 bits per heavy atom. The van der Waals surface area contributed by atoms with Gasteiger partial charge in [0.2, 0.25) is 0 Å². The largest absolute Gasteiger partial charge is 0.508 e. The van der Waals surface area contributed by atoms with Crippen molar-refractivity contribution < 1.29 is 15.0 Å². The third-order valence-electron chi connectivity index (χ3n) is 4.75. The molecule has 0 aliphatic carbocycles. The van der Waals surface area contributed by atoms with E-state index < -0.39 is 5.60 Å². The first-order valence-electron chi connectivity index (χ1n) is 8.74. The number of nitrogens with zero attached hydrogens (tertiary/aromatic N) is 1. The SMILES string of the molecule is CC(C)(O)CCc1ccc(C(=O)N2CCc3c(O)cccc3C2)cc1. The Morgan fingerprint density at radius 2 is 1.88 bits per heavy atom. The third kappa shape index (κ3) is 4.20. The molecule has 132 valence electrons. The molecule has 2 aromatic rings. The van der Waals surface area contributed by atoms with Crippen molar-refractivity contribution in [2.75, 3.05) is 6.54 Å². The highest BCUT2D eigenvalue weighted by Gasteiger charge is 2.23. The summed E-state index contributed by atoms with van der Waals surface area (Å²) in [4.78, 5) is 14.6. The van der Waals surface area contributed by atoms with E-state index in [1.165, 1.54) is 0 Å². The van der Waals surface area contributed by atoms with Crippen molar-refractivity contribution in [1.29, 1.82) is 0 Å². The van der Waals surface area contributed by atoms with Gasteiger partial charge in [-0.3, -0.25) is 4.79 Å². The van der Waals surface area contributed by atoms with Gasteiger partial charge in [-0.15, -0.1) is 0 Å². The van der Waals surface area contributed by atoms with Gasteiger partial charge in [0.05, 0.1) is 5.60 Å². The Morgan fingerprint density at radius 1 is 1.16 bits per heavy atom. The van der Waals surface area contributed by atoms with E-state index in [2.05, 4.69) is 0 Å². The van der Waals surface area contributed by atoms with E-state index in [0.29, 0.717) is 37.2 Å². The van der Waals surface area contributed by atoms with E-state index in [1.807, 2.05) is 41.3 Å². The fourth-order valence-electron chi connectivity index (χ4n) is 3.21. The van der Waals surface area contributed by atoms with Crippen LogP contribution in [0.4, 0.5) is 0 Å². The van der Waals surface area contributed by atoms with Crippen LogP contribution >= 0.6 is 0 Å².